The number of carboxylic acid groups (broad SMARTS) is 1. The highest BCUT2D eigenvalue weighted by Crippen LogP contribution is 2.41. The second-order valence-electron chi connectivity index (χ2n) is 4.93. The lowest BCUT2D eigenvalue weighted by atomic mass is 9.89. The number of phenolic OH excluding ortho intramolecular Hbond substituents is 1. The van der Waals surface area contributed by atoms with E-state index in [1.54, 1.807) is 18.2 Å². The number of carbonyl (C=O) groups is 1. The van der Waals surface area contributed by atoms with E-state index in [4.69, 9.17) is 9.84 Å². The van der Waals surface area contributed by atoms with Crippen LogP contribution in [-0.2, 0) is 11.2 Å². The Morgan fingerprint density at radius 1 is 1.20 bits per heavy atom. The minimum absolute atomic E-state index is 0.0562. The lowest BCUT2D eigenvalue weighted by molar-refractivity contribution is -0.137. The predicted octanol–water partition coefficient (Wildman–Crippen LogP) is 3.30. The first-order chi connectivity index (χ1) is 9.63. The summed E-state index contributed by atoms with van der Waals surface area (Å²) < 4.78 is 5.84. The Morgan fingerprint density at radius 3 is 2.80 bits per heavy atom. The largest absolute Gasteiger partial charge is 0.508 e. The van der Waals surface area contributed by atoms with Gasteiger partial charge in [-0.2, -0.15) is 0 Å². The van der Waals surface area contributed by atoms with Gasteiger partial charge in [-0.1, -0.05) is 24.3 Å². The van der Waals surface area contributed by atoms with Gasteiger partial charge in [-0.3, -0.25) is 4.79 Å². The van der Waals surface area contributed by atoms with Crippen molar-refractivity contribution in [1.82, 2.24) is 0 Å². The molecule has 102 valence electrons. The van der Waals surface area contributed by atoms with Crippen LogP contribution in [0.2, 0.25) is 0 Å². The molecule has 2 N–H and O–H groups in total. The number of para-hydroxylation sites is 1. The van der Waals surface area contributed by atoms with Crippen molar-refractivity contribution in [2.75, 3.05) is 0 Å². The fourth-order valence-electron chi connectivity index (χ4n) is 2.60. The molecule has 1 aliphatic heterocycles. The van der Waals surface area contributed by atoms with Crippen LogP contribution in [0.1, 0.15) is 23.5 Å². The summed E-state index contributed by atoms with van der Waals surface area (Å²) in [6.07, 6.45) is 0.639. The third-order valence-electron chi connectivity index (χ3n) is 3.52. The van der Waals surface area contributed by atoms with E-state index in [-0.39, 0.29) is 18.1 Å². The van der Waals surface area contributed by atoms with E-state index in [0.29, 0.717) is 17.9 Å². The van der Waals surface area contributed by atoms with E-state index in [9.17, 15) is 9.90 Å². The lowest BCUT2D eigenvalue weighted by Gasteiger charge is -2.14. The molecule has 0 spiro atoms. The van der Waals surface area contributed by atoms with Crippen molar-refractivity contribution in [3.8, 4) is 17.2 Å². The number of hydrogen-bond donors (Lipinski definition) is 2. The molecule has 0 saturated heterocycles. The molecule has 0 aromatic heterocycles. The molecule has 0 fully saturated rings. The summed E-state index contributed by atoms with van der Waals surface area (Å²) in [6, 6.07) is 12.4. The molecule has 2 aromatic carbocycles. The Hall–Kier alpha value is -2.49. The van der Waals surface area contributed by atoms with E-state index in [1.807, 2.05) is 24.3 Å². The van der Waals surface area contributed by atoms with Gasteiger partial charge < -0.3 is 14.9 Å². The van der Waals surface area contributed by atoms with Gasteiger partial charge in [0.25, 0.3) is 0 Å². The average molecular weight is 270 g/mol. The zero-order chi connectivity index (χ0) is 14.1. The van der Waals surface area contributed by atoms with Gasteiger partial charge in [0.15, 0.2) is 0 Å². The molecule has 1 aliphatic rings. The predicted molar refractivity (Wildman–Crippen MR) is 73.3 cm³/mol. The maximum Gasteiger partial charge on any atom is 0.303 e. The highest BCUT2D eigenvalue weighted by molar-refractivity contribution is 5.69. The molecular weight excluding hydrogens is 256 g/mol. The van der Waals surface area contributed by atoms with Crippen LogP contribution in [0.4, 0.5) is 0 Å². The summed E-state index contributed by atoms with van der Waals surface area (Å²) in [5.74, 6) is 0.424. The molecule has 0 saturated carbocycles. The van der Waals surface area contributed by atoms with Crippen LogP contribution in [0.15, 0.2) is 42.5 Å². The van der Waals surface area contributed by atoms with Crippen molar-refractivity contribution < 1.29 is 19.7 Å². The molecule has 1 unspecified atom stereocenters. The van der Waals surface area contributed by atoms with Crippen LogP contribution < -0.4 is 4.74 Å². The molecule has 20 heavy (non-hydrogen) atoms. The van der Waals surface area contributed by atoms with Gasteiger partial charge in [0.2, 0.25) is 0 Å². The van der Waals surface area contributed by atoms with Gasteiger partial charge in [0, 0.05) is 12.0 Å². The second kappa shape index (κ2) is 4.89. The van der Waals surface area contributed by atoms with Gasteiger partial charge >= 0.3 is 5.97 Å². The summed E-state index contributed by atoms with van der Waals surface area (Å²) in [5.41, 5.74) is 1.80. The van der Waals surface area contributed by atoms with Crippen LogP contribution in [0, 0.1) is 0 Å². The molecule has 0 aliphatic carbocycles. The van der Waals surface area contributed by atoms with Crippen LogP contribution in [0.3, 0.4) is 0 Å². The van der Waals surface area contributed by atoms with Gasteiger partial charge in [-0.05, 0) is 29.7 Å². The Bertz CT molecular complexity index is 663. The standard InChI is InChI=1S/C16H14O4/c17-12-6-5-10-7-11(8-16(18)19)13-3-1-2-4-14(13)20-15(10)9-12/h1-6,9,11,17H,7-8H2,(H,18,19). The smallest absolute Gasteiger partial charge is 0.303 e. The van der Waals surface area contributed by atoms with Crippen LogP contribution in [-0.4, -0.2) is 16.2 Å². The summed E-state index contributed by atoms with van der Waals surface area (Å²) in [4.78, 5) is 11.1. The molecule has 0 bridgehead atoms. The van der Waals surface area contributed by atoms with Crippen LogP contribution in [0.25, 0.3) is 0 Å². The van der Waals surface area contributed by atoms with Gasteiger partial charge in [-0.15, -0.1) is 0 Å². The van der Waals surface area contributed by atoms with E-state index in [0.717, 1.165) is 11.1 Å². The minimum atomic E-state index is -0.827. The molecule has 1 atom stereocenters. The third kappa shape index (κ3) is 2.32. The highest BCUT2D eigenvalue weighted by atomic mass is 16.5. The topological polar surface area (TPSA) is 66.8 Å². The number of aromatic hydroxyl groups is 1. The number of rotatable bonds is 2. The van der Waals surface area contributed by atoms with Crippen LogP contribution >= 0.6 is 0 Å². The van der Waals surface area contributed by atoms with E-state index >= 15 is 0 Å². The van der Waals surface area contributed by atoms with Crippen molar-refractivity contribution in [3.63, 3.8) is 0 Å². The number of aliphatic carboxylic acids is 1. The molecule has 0 amide bonds. The van der Waals surface area contributed by atoms with Gasteiger partial charge in [0.1, 0.15) is 17.2 Å². The minimum Gasteiger partial charge on any atom is -0.508 e. The van der Waals surface area contributed by atoms with Crippen molar-refractivity contribution in [3.05, 3.63) is 53.6 Å². The van der Waals surface area contributed by atoms with E-state index in [2.05, 4.69) is 0 Å². The molecule has 3 rings (SSSR count). The van der Waals surface area contributed by atoms with E-state index in [1.165, 1.54) is 0 Å². The molecule has 2 aromatic rings. The number of phenols is 1. The first-order valence-corrected chi connectivity index (χ1v) is 6.44. The SMILES string of the molecule is O=C(O)CC1Cc2ccc(O)cc2Oc2ccccc21. The average Bonchev–Trinajstić information content (AvgIpc) is 2.55. The maximum absolute atomic E-state index is 11.1. The number of ether oxygens (including phenoxy) is 1. The number of hydrogen-bond acceptors (Lipinski definition) is 3. The number of fused-ring (bicyclic) bond motifs is 2. The van der Waals surface area contributed by atoms with E-state index < -0.39 is 5.97 Å². The summed E-state index contributed by atoms with van der Waals surface area (Å²) in [6.45, 7) is 0. The van der Waals surface area contributed by atoms with Crippen molar-refractivity contribution in [1.29, 1.82) is 0 Å². The van der Waals surface area contributed by atoms with Gasteiger partial charge in [0.05, 0.1) is 6.42 Å². The molecular formula is C16H14O4. The Labute approximate surface area is 116 Å². The summed E-state index contributed by atoms with van der Waals surface area (Å²) >= 11 is 0. The lowest BCUT2D eigenvalue weighted by Crippen LogP contribution is -2.08. The monoisotopic (exact) mass is 270 g/mol. The molecule has 1 heterocycles. The number of benzene rings is 2. The highest BCUT2D eigenvalue weighted by Gasteiger charge is 2.25. The third-order valence-corrected chi connectivity index (χ3v) is 3.52. The fourth-order valence-corrected chi connectivity index (χ4v) is 2.60. The zero-order valence-corrected chi connectivity index (χ0v) is 10.7. The normalized spacial score (nSPS) is 16.5. The number of carboxylic acids is 1. The van der Waals surface area contributed by atoms with Crippen molar-refractivity contribution in [2.45, 2.75) is 18.8 Å². The Morgan fingerprint density at radius 2 is 2.00 bits per heavy atom. The van der Waals surface area contributed by atoms with Crippen molar-refractivity contribution in [2.24, 2.45) is 0 Å². The Kier molecular flexibility index (Phi) is 3.06. The fraction of sp³-hybridized carbons (Fsp3) is 0.188. The zero-order valence-electron chi connectivity index (χ0n) is 10.7. The first-order valence-electron chi connectivity index (χ1n) is 6.44. The first kappa shape index (κ1) is 12.5. The van der Waals surface area contributed by atoms with Crippen LogP contribution in [0.5, 0.6) is 17.2 Å². The van der Waals surface area contributed by atoms with Gasteiger partial charge in [-0.25, -0.2) is 0 Å². The summed E-state index contributed by atoms with van der Waals surface area (Å²) in [5, 5.41) is 18.7. The second-order valence-corrected chi connectivity index (χ2v) is 4.93. The Balaban J connectivity index is 2.09. The quantitative estimate of drug-likeness (QED) is 0.878. The maximum atomic E-state index is 11.1. The van der Waals surface area contributed by atoms with Crippen molar-refractivity contribution >= 4 is 5.97 Å². The summed E-state index contributed by atoms with van der Waals surface area (Å²) in [7, 11) is 0. The molecule has 4 nitrogen and oxygen atoms in total. The molecule has 4 heteroatoms. The molecule has 0 radical (unpaired) electrons.